The first kappa shape index (κ1) is 30.8. The number of piperazine rings is 1. The smallest absolute Gasteiger partial charge is 0.228 e. The van der Waals surface area contributed by atoms with Crippen molar-refractivity contribution < 1.29 is 19.3 Å². The van der Waals surface area contributed by atoms with Crippen LogP contribution in [0.1, 0.15) is 46.0 Å². The van der Waals surface area contributed by atoms with Crippen LogP contribution < -0.4 is 19.4 Å². The van der Waals surface area contributed by atoms with Crippen molar-refractivity contribution in [1.29, 1.82) is 0 Å². The van der Waals surface area contributed by atoms with Crippen molar-refractivity contribution in [2.45, 2.75) is 76.8 Å². The van der Waals surface area contributed by atoms with Gasteiger partial charge in [0.05, 0.1) is 19.0 Å². The normalized spacial score (nSPS) is 26.0. The van der Waals surface area contributed by atoms with Crippen LogP contribution in [0, 0.1) is 5.92 Å². The predicted octanol–water partition coefficient (Wildman–Crippen LogP) is 4.13. The van der Waals surface area contributed by atoms with Crippen LogP contribution >= 0.6 is 0 Å². The Morgan fingerprint density at radius 1 is 0.913 bits per heavy atom. The summed E-state index contributed by atoms with van der Waals surface area (Å²) in [6, 6.07) is 16.9. The van der Waals surface area contributed by atoms with Crippen molar-refractivity contribution in [1.82, 2.24) is 20.0 Å². The Morgan fingerprint density at radius 2 is 1.52 bits per heavy atom. The molecule has 0 bridgehead atoms. The summed E-state index contributed by atoms with van der Waals surface area (Å²) < 4.78 is 19.1. The molecule has 0 radical (unpaired) electrons. The zero-order valence-corrected chi connectivity index (χ0v) is 26.9. The van der Waals surface area contributed by atoms with Gasteiger partial charge in [0, 0.05) is 55.2 Å². The Labute approximate surface area is 271 Å². The van der Waals surface area contributed by atoms with Gasteiger partial charge in [0.15, 0.2) is 5.79 Å². The zero-order chi connectivity index (χ0) is 31.5. The van der Waals surface area contributed by atoms with E-state index >= 15 is 0 Å². The molecule has 46 heavy (non-hydrogen) atoms. The van der Waals surface area contributed by atoms with E-state index in [1.54, 1.807) is 33.4 Å². The van der Waals surface area contributed by atoms with Gasteiger partial charge in [-0.05, 0) is 74.7 Å². The van der Waals surface area contributed by atoms with E-state index in [1.807, 2.05) is 12.1 Å². The first-order chi connectivity index (χ1) is 22.5. The minimum absolute atomic E-state index is 0.133. The fourth-order valence-corrected chi connectivity index (χ4v) is 7.07. The van der Waals surface area contributed by atoms with Crippen molar-refractivity contribution in [3.8, 4) is 5.75 Å². The molecule has 0 spiro atoms. The van der Waals surface area contributed by atoms with Crippen molar-refractivity contribution >= 4 is 23.4 Å². The zero-order valence-electron chi connectivity index (χ0n) is 26.9. The number of hydrogen-bond donors (Lipinski definition) is 1. The molecule has 1 N–H and O–H groups in total. The van der Waals surface area contributed by atoms with E-state index in [0.717, 1.165) is 56.9 Å². The summed E-state index contributed by atoms with van der Waals surface area (Å²) in [6.45, 7) is 9.36. The number of hydrazone groups is 1. The van der Waals surface area contributed by atoms with Gasteiger partial charge in [-0.15, -0.1) is 0 Å². The van der Waals surface area contributed by atoms with E-state index in [1.165, 1.54) is 24.2 Å². The van der Waals surface area contributed by atoms with Crippen LogP contribution in [0.2, 0.25) is 0 Å². The second kappa shape index (κ2) is 13.5. The lowest BCUT2D eigenvalue weighted by Crippen LogP contribution is -2.46. The molecular formula is C34H46N8O4. The Morgan fingerprint density at radius 3 is 2.15 bits per heavy atom. The highest BCUT2D eigenvalue weighted by molar-refractivity contribution is 5.81. The van der Waals surface area contributed by atoms with Gasteiger partial charge in [-0.1, -0.05) is 19.8 Å². The molecule has 4 unspecified atom stereocenters. The van der Waals surface area contributed by atoms with E-state index in [2.05, 4.69) is 75.3 Å². The highest BCUT2D eigenvalue weighted by Crippen LogP contribution is 2.42. The minimum atomic E-state index is -0.775. The fraction of sp³-hybridized carbons (Fsp3) is 0.559. The molecule has 2 saturated heterocycles. The lowest BCUT2D eigenvalue weighted by molar-refractivity contribution is -0.217. The molecular weight excluding hydrogens is 584 g/mol. The molecule has 3 aliphatic heterocycles. The molecule has 4 heterocycles. The van der Waals surface area contributed by atoms with Crippen LogP contribution in [0.5, 0.6) is 5.75 Å². The Hall–Kier alpha value is -3.87. The third-order valence-corrected chi connectivity index (χ3v) is 9.95. The molecule has 2 aromatic carbocycles. The molecule has 12 heteroatoms. The lowest BCUT2D eigenvalue weighted by Gasteiger charge is -2.37. The molecule has 3 aromatic rings. The second-order valence-electron chi connectivity index (χ2n) is 12.8. The quantitative estimate of drug-likeness (QED) is 0.333. The van der Waals surface area contributed by atoms with E-state index in [9.17, 15) is 5.11 Å². The largest absolute Gasteiger partial charge is 0.491 e. The standard InChI is InChI=1S/C34H46N8O4/c1-3-26(2)42-33(43)40(25-37-42)30-10-8-28(9-11-30)38-18-20-39(21-19-38)29-12-14-31(15-13-29)44-22-32-23-45-34(46-32,27-6-4-5-7-27)24-41-35-16-17-36-41/h8-17,25-27,32-33,43H,3-7,18-24H2,1-2H3. The van der Waals surface area contributed by atoms with Gasteiger partial charge in [0.2, 0.25) is 6.35 Å². The lowest BCUT2D eigenvalue weighted by atomic mass is 9.96. The minimum Gasteiger partial charge on any atom is -0.491 e. The van der Waals surface area contributed by atoms with E-state index in [4.69, 9.17) is 14.2 Å². The number of aromatic nitrogens is 3. The number of aliphatic hydroxyl groups is 1. The average molecular weight is 631 g/mol. The van der Waals surface area contributed by atoms with Gasteiger partial charge in [-0.2, -0.15) is 20.1 Å². The van der Waals surface area contributed by atoms with Gasteiger partial charge < -0.3 is 29.1 Å². The Kier molecular flexibility index (Phi) is 9.01. The molecule has 4 aliphatic rings. The van der Waals surface area contributed by atoms with Crippen molar-refractivity contribution in [2.75, 3.05) is 54.1 Å². The van der Waals surface area contributed by atoms with Crippen LogP contribution in [0.4, 0.5) is 17.1 Å². The topological polar surface area (TPSA) is 104 Å². The maximum atomic E-state index is 10.7. The average Bonchev–Trinajstić information content (AvgIpc) is 3.93. The van der Waals surface area contributed by atoms with E-state index in [0.29, 0.717) is 25.7 Å². The molecule has 246 valence electrons. The summed E-state index contributed by atoms with van der Waals surface area (Å²) >= 11 is 0. The highest BCUT2D eigenvalue weighted by atomic mass is 16.8. The van der Waals surface area contributed by atoms with Crippen molar-refractivity contribution in [2.24, 2.45) is 11.0 Å². The first-order valence-electron chi connectivity index (χ1n) is 16.8. The van der Waals surface area contributed by atoms with Gasteiger partial charge in [0.1, 0.15) is 31.3 Å². The Balaban J connectivity index is 0.884. The van der Waals surface area contributed by atoms with Gasteiger partial charge in [-0.25, -0.2) is 5.01 Å². The van der Waals surface area contributed by atoms with Crippen LogP contribution in [0.15, 0.2) is 66.0 Å². The van der Waals surface area contributed by atoms with Crippen LogP contribution in [-0.4, -0.2) is 95.1 Å². The molecule has 1 saturated carbocycles. The van der Waals surface area contributed by atoms with Crippen LogP contribution in [0.3, 0.4) is 0 Å². The first-order valence-corrected chi connectivity index (χ1v) is 16.8. The van der Waals surface area contributed by atoms with Crippen LogP contribution in [0.25, 0.3) is 0 Å². The summed E-state index contributed by atoms with van der Waals surface area (Å²) in [6.07, 6.45) is 9.74. The second-order valence-corrected chi connectivity index (χ2v) is 12.8. The number of benzene rings is 2. The summed E-state index contributed by atoms with van der Waals surface area (Å²) in [5, 5.41) is 25.5. The number of aliphatic hydroxyl groups excluding tert-OH is 1. The third-order valence-electron chi connectivity index (χ3n) is 9.95. The number of rotatable bonds is 11. The van der Waals surface area contributed by atoms with E-state index < -0.39 is 12.1 Å². The van der Waals surface area contributed by atoms with Gasteiger partial charge in [0.25, 0.3) is 0 Å². The Bertz CT molecular complexity index is 1420. The van der Waals surface area contributed by atoms with Gasteiger partial charge >= 0.3 is 0 Å². The number of anilines is 3. The number of ether oxygens (including phenoxy) is 3. The summed E-state index contributed by atoms with van der Waals surface area (Å²) in [7, 11) is 0. The predicted molar refractivity (Wildman–Crippen MR) is 177 cm³/mol. The molecule has 7 rings (SSSR count). The maximum absolute atomic E-state index is 10.7. The molecule has 1 aliphatic carbocycles. The van der Waals surface area contributed by atoms with E-state index in [-0.39, 0.29) is 12.1 Å². The molecule has 3 fully saturated rings. The molecule has 0 amide bonds. The molecule has 12 nitrogen and oxygen atoms in total. The van der Waals surface area contributed by atoms with Crippen LogP contribution in [-0.2, 0) is 16.0 Å². The summed E-state index contributed by atoms with van der Waals surface area (Å²) in [4.78, 5) is 8.31. The van der Waals surface area contributed by atoms with Crippen molar-refractivity contribution in [3.63, 3.8) is 0 Å². The highest BCUT2D eigenvalue weighted by Gasteiger charge is 2.49. The third kappa shape index (κ3) is 6.38. The SMILES string of the molecule is CCC(C)N1N=CN(c2ccc(N3CCN(c4ccc(OCC5COC(Cn6nccn6)(C6CCCC6)O5)cc4)CC3)cc2)C1O. The maximum Gasteiger partial charge on any atom is 0.228 e. The number of nitrogens with zero attached hydrogens (tertiary/aromatic N) is 8. The van der Waals surface area contributed by atoms with Gasteiger partial charge in [-0.3, -0.25) is 4.90 Å². The fourth-order valence-electron chi connectivity index (χ4n) is 7.07. The molecule has 1 aromatic heterocycles. The molecule has 4 atom stereocenters. The summed E-state index contributed by atoms with van der Waals surface area (Å²) in [5.74, 6) is 0.499. The monoisotopic (exact) mass is 630 g/mol. The number of hydrogen-bond acceptors (Lipinski definition) is 11. The summed E-state index contributed by atoms with van der Waals surface area (Å²) in [5.41, 5.74) is 3.31. The van der Waals surface area contributed by atoms with Crippen molar-refractivity contribution in [3.05, 3.63) is 60.9 Å².